The van der Waals surface area contributed by atoms with Crippen molar-refractivity contribution in [1.29, 1.82) is 0 Å². The highest BCUT2D eigenvalue weighted by molar-refractivity contribution is 5.64. The summed E-state index contributed by atoms with van der Waals surface area (Å²) in [4.78, 5) is 14.1. The van der Waals surface area contributed by atoms with Crippen molar-refractivity contribution in [3.8, 4) is 0 Å². The maximum Gasteiger partial charge on any atom is 0.404 e. The van der Waals surface area contributed by atoms with E-state index in [1.54, 1.807) is 24.4 Å². The van der Waals surface area contributed by atoms with Crippen molar-refractivity contribution in [3.63, 3.8) is 0 Å². The van der Waals surface area contributed by atoms with Crippen molar-refractivity contribution in [1.82, 2.24) is 10.3 Å². The first-order chi connectivity index (χ1) is 6.70. The summed E-state index contributed by atoms with van der Waals surface area (Å²) in [5, 5.41) is 20.0. The molecule has 1 aromatic rings. The number of hydrogen-bond acceptors (Lipinski definition) is 3. The Morgan fingerprint density at radius 1 is 1.57 bits per heavy atom. The van der Waals surface area contributed by atoms with Gasteiger partial charge >= 0.3 is 6.09 Å². The van der Waals surface area contributed by atoms with E-state index in [9.17, 15) is 9.90 Å². The van der Waals surface area contributed by atoms with Gasteiger partial charge in [0.1, 0.15) is 0 Å². The third kappa shape index (κ3) is 3.40. The van der Waals surface area contributed by atoms with Gasteiger partial charge in [-0.25, -0.2) is 4.79 Å². The molecule has 0 aliphatic heterocycles. The molecule has 0 aliphatic carbocycles. The van der Waals surface area contributed by atoms with Crippen LogP contribution in [0.5, 0.6) is 0 Å². The van der Waals surface area contributed by atoms with Gasteiger partial charge in [-0.2, -0.15) is 0 Å². The van der Waals surface area contributed by atoms with Gasteiger partial charge in [0.2, 0.25) is 0 Å². The molecule has 1 rings (SSSR count). The molecule has 5 nitrogen and oxygen atoms in total. The number of amides is 1. The lowest BCUT2D eigenvalue weighted by Crippen LogP contribution is -2.23. The summed E-state index contributed by atoms with van der Waals surface area (Å²) in [7, 11) is 0. The van der Waals surface area contributed by atoms with Crippen LogP contribution in [-0.4, -0.2) is 27.8 Å². The van der Waals surface area contributed by atoms with E-state index in [-0.39, 0.29) is 6.54 Å². The lowest BCUT2D eigenvalue weighted by molar-refractivity contribution is 0.158. The maximum atomic E-state index is 10.1. The van der Waals surface area contributed by atoms with Crippen molar-refractivity contribution in [2.24, 2.45) is 0 Å². The number of nitrogens with one attached hydrogen (secondary N) is 1. The Morgan fingerprint density at radius 2 is 2.36 bits per heavy atom. The predicted molar refractivity (Wildman–Crippen MR) is 49.8 cm³/mol. The lowest BCUT2D eigenvalue weighted by Gasteiger charge is -2.08. The second-order valence-corrected chi connectivity index (χ2v) is 2.79. The highest BCUT2D eigenvalue weighted by atomic mass is 16.4. The summed E-state index contributed by atoms with van der Waals surface area (Å²) < 4.78 is 0. The van der Waals surface area contributed by atoms with Crippen LogP contribution in [0.2, 0.25) is 0 Å². The third-order valence-corrected chi connectivity index (χ3v) is 1.72. The summed E-state index contributed by atoms with van der Waals surface area (Å²) in [6.45, 7) is 0.215. The smallest absolute Gasteiger partial charge is 0.404 e. The number of nitrogens with zero attached hydrogens (tertiary/aromatic N) is 1. The van der Waals surface area contributed by atoms with Crippen molar-refractivity contribution in [2.45, 2.75) is 12.5 Å². The zero-order valence-corrected chi connectivity index (χ0v) is 7.55. The monoisotopic (exact) mass is 196 g/mol. The third-order valence-electron chi connectivity index (χ3n) is 1.72. The lowest BCUT2D eigenvalue weighted by atomic mass is 10.2. The highest BCUT2D eigenvalue weighted by Crippen LogP contribution is 2.11. The van der Waals surface area contributed by atoms with Gasteiger partial charge in [0.25, 0.3) is 0 Å². The Labute approximate surface area is 81.4 Å². The van der Waals surface area contributed by atoms with E-state index in [1.165, 1.54) is 0 Å². The Hall–Kier alpha value is -1.62. The molecule has 0 unspecified atom stereocenters. The molecule has 1 amide bonds. The van der Waals surface area contributed by atoms with Gasteiger partial charge in [0.15, 0.2) is 0 Å². The average molecular weight is 196 g/mol. The number of rotatable bonds is 4. The summed E-state index contributed by atoms with van der Waals surface area (Å²) in [6.07, 6.45) is 0.105. The molecule has 14 heavy (non-hydrogen) atoms. The number of aliphatic hydroxyl groups excluding tert-OH is 1. The minimum Gasteiger partial charge on any atom is -0.465 e. The molecule has 0 aromatic carbocycles. The van der Waals surface area contributed by atoms with Gasteiger partial charge in [0.05, 0.1) is 11.8 Å². The van der Waals surface area contributed by atoms with E-state index >= 15 is 0 Å². The van der Waals surface area contributed by atoms with E-state index in [0.29, 0.717) is 12.1 Å². The Kier molecular flexibility index (Phi) is 3.87. The zero-order chi connectivity index (χ0) is 10.4. The molecular weight excluding hydrogens is 184 g/mol. The van der Waals surface area contributed by atoms with E-state index < -0.39 is 12.2 Å². The van der Waals surface area contributed by atoms with Crippen LogP contribution in [0.1, 0.15) is 18.2 Å². The predicted octanol–water partition coefficient (Wildman–Crippen LogP) is 0.773. The van der Waals surface area contributed by atoms with E-state index in [4.69, 9.17) is 5.11 Å². The average Bonchev–Trinajstić information content (AvgIpc) is 2.18. The van der Waals surface area contributed by atoms with Crippen LogP contribution >= 0.6 is 0 Å². The second-order valence-electron chi connectivity index (χ2n) is 2.79. The van der Waals surface area contributed by atoms with Crippen molar-refractivity contribution in [2.75, 3.05) is 6.54 Å². The van der Waals surface area contributed by atoms with E-state index in [2.05, 4.69) is 10.3 Å². The first-order valence-corrected chi connectivity index (χ1v) is 4.26. The second kappa shape index (κ2) is 5.18. The standard InChI is InChI=1S/C9H12N2O3/c12-8(4-6-11-9(13)14)7-3-1-2-5-10-7/h1-3,5,8,11-12H,4,6H2,(H,13,14)/t8-/m0/s1. The van der Waals surface area contributed by atoms with Gasteiger partial charge < -0.3 is 15.5 Å². The molecular formula is C9H12N2O3. The number of carbonyl (C=O) groups is 1. The summed E-state index contributed by atoms with van der Waals surface area (Å²) in [5.74, 6) is 0. The molecule has 0 saturated heterocycles. The molecule has 0 fully saturated rings. The first-order valence-electron chi connectivity index (χ1n) is 4.26. The quantitative estimate of drug-likeness (QED) is 0.664. The van der Waals surface area contributed by atoms with Gasteiger partial charge in [0, 0.05) is 12.7 Å². The van der Waals surface area contributed by atoms with Gasteiger partial charge in [-0.05, 0) is 18.6 Å². The molecule has 0 radical (unpaired) electrons. The van der Waals surface area contributed by atoms with Crippen LogP contribution in [0.15, 0.2) is 24.4 Å². The van der Waals surface area contributed by atoms with Gasteiger partial charge in [-0.1, -0.05) is 6.07 Å². The van der Waals surface area contributed by atoms with Crippen LogP contribution < -0.4 is 5.32 Å². The number of pyridine rings is 1. The molecule has 0 aliphatic rings. The van der Waals surface area contributed by atoms with E-state index in [0.717, 1.165) is 0 Å². The van der Waals surface area contributed by atoms with Crippen LogP contribution in [0.4, 0.5) is 4.79 Å². The molecule has 1 atom stereocenters. The minimum atomic E-state index is -1.08. The largest absolute Gasteiger partial charge is 0.465 e. The van der Waals surface area contributed by atoms with Crippen LogP contribution in [0.25, 0.3) is 0 Å². The molecule has 3 N–H and O–H groups in total. The number of aliphatic hydroxyl groups is 1. The first kappa shape index (κ1) is 10.5. The van der Waals surface area contributed by atoms with Gasteiger partial charge in [-0.3, -0.25) is 4.98 Å². The number of carboxylic acid groups (broad SMARTS) is 1. The molecule has 0 bridgehead atoms. The van der Waals surface area contributed by atoms with Crippen LogP contribution in [-0.2, 0) is 0 Å². The summed E-state index contributed by atoms with van der Waals surface area (Å²) >= 11 is 0. The minimum absolute atomic E-state index is 0.215. The molecule has 0 saturated carbocycles. The SMILES string of the molecule is O=C(O)NCC[C@H](O)c1ccccn1. The van der Waals surface area contributed by atoms with Crippen molar-refractivity contribution < 1.29 is 15.0 Å². The molecule has 76 valence electrons. The fraction of sp³-hybridized carbons (Fsp3) is 0.333. The number of hydrogen-bond donors (Lipinski definition) is 3. The van der Waals surface area contributed by atoms with Gasteiger partial charge in [-0.15, -0.1) is 0 Å². The number of aromatic nitrogens is 1. The van der Waals surface area contributed by atoms with Crippen molar-refractivity contribution in [3.05, 3.63) is 30.1 Å². The Balaban J connectivity index is 2.36. The van der Waals surface area contributed by atoms with Crippen LogP contribution in [0.3, 0.4) is 0 Å². The Bertz CT molecular complexity index is 289. The fourth-order valence-corrected chi connectivity index (χ4v) is 1.04. The Morgan fingerprint density at radius 3 is 2.93 bits per heavy atom. The topological polar surface area (TPSA) is 82.5 Å². The highest BCUT2D eigenvalue weighted by Gasteiger charge is 2.07. The normalized spacial score (nSPS) is 12.1. The van der Waals surface area contributed by atoms with E-state index in [1.807, 2.05) is 0 Å². The summed E-state index contributed by atoms with van der Waals surface area (Å²) in [6, 6.07) is 5.23. The van der Waals surface area contributed by atoms with Crippen molar-refractivity contribution >= 4 is 6.09 Å². The molecule has 0 spiro atoms. The maximum absolute atomic E-state index is 10.1. The molecule has 5 heteroatoms. The summed E-state index contributed by atoms with van der Waals surface area (Å²) in [5.41, 5.74) is 0.555. The fourth-order valence-electron chi connectivity index (χ4n) is 1.04. The van der Waals surface area contributed by atoms with Crippen LogP contribution in [0, 0.1) is 0 Å². The zero-order valence-electron chi connectivity index (χ0n) is 7.55. The molecule has 1 aromatic heterocycles. The molecule has 1 heterocycles.